The van der Waals surface area contributed by atoms with Gasteiger partial charge in [-0.15, -0.1) is 0 Å². The van der Waals surface area contributed by atoms with Crippen molar-refractivity contribution in [1.82, 2.24) is 4.90 Å². The summed E-state index contributed by atoms with van der Waals surface area (Å²) in [5.41, 5.74) is 8.09. The lowest BCUT2D eigenvalue weighted by Gasteiger charge is -2.37. The van der Waals surface area contributed by atoms with Gasteiger partial charge in [-0.2, -0.15) is 11.8 Å². The van der Waals surface area contributed by atoms with Crippen molar-refractivity contribution in [3.63, 3.8) is 0 Å². The summed E-state index contributed by atoms with van der Waals surface area (Å²) in [4.78, 5) is 14.6. The van der Waals surface area contributed by atoms with Gasteiger partial charge in [-0.3, -0.25) is 4.79 Å². The van der Waals surface area contributed by atoms with Crippen LogP contribution in [0.4, 0.5) is 0 Å². The molecule has 1 aliphatic rings. The van der Waals surface area contributed by atoms with Crippen LogP contribution in [0.3, 0.4) is 0 Å². The molecule has 1 amide bonds. The number of hydrogen-bond donors (Lipinski definition) is 1. The summed E-state index contributed by atoms with van der Waals surface area (Å²) in [5.74, 6) is 6.99. The molecule has 4 heteroatoms. The van der Waals surface area contributed by atoms with Crippen LogP contribution in [0.1, 0.15) is 35.3 Å². The largest absolute Gasteiger partial charge is 0.336 e. The molecule has 0 aromatic heterocycles. The monoisotopic (exact) mass is 302 g/mol. The lowest BCUT2D eigenvalue weighted by atomic mass is 10.0. The van der Waals surface area contributed by atoms with Crippen molar-refractivity contribution in [2.75, 3.05) is 25.4 Å². The van der Waals surface area contributed by atoms with Crippen LogP contribution in [0, 0.1) is 18.8 Å². The van der Waals surface area contributed by atoms with Gasteiger partial charge in [-0.25, -0.2) is 0 Å². The lowest BCUT2D eigenvalue weighted by molar-refractivity contribution is 0.0748. The molecule has 0 bridgehead atoms. The van der Waals surface area contributed by atoms with Crippen LogP contribution in [-0.4, -0.2) is 40.9 Å². The Morgan fingerprint density at radius 1 is 1.48 bits per heavy atom. The molecule has 0 spiro atoms. The topological polar surface area (TPSA) is 46.3 Å². The van der Waals surface area contributed by atoms with Crippen molar-refractivity contribution in [2.24, 2.45) is 5.73 Å². The van der Waals surface area contributed by atoms with E-state index in [2.05, 4.69) is 25.7 Å². The molecule has 0 radical (unpaired) electrons. The number of carbonyl (C=O) groups is 1. The number of rotatable bonds is 1. The van der Waals surface area contributed by atoms with E-state index in [1.807, 2.05) is 41.8 Å². The minimum atomic E-state index is 0.116. The number of aryl methyl sites for hydroxylation is 1. The number of nitrogens with two attached hydrogens (primary N) is 1. The fourth-order valence-electron chi connectivity index (χ4n) is 2.46. The van der Waals surface area contributed by atoms with Gasteiger partial charge in [-0.1, -0.05) is 11.8 Å². The molecule has 2 rings (SSSR count). The van der Waals surface area contributed by atoms with Gasteiger partial charge in [0.2, 0.25) is 0 Å². The van der Waals surface area contributed by atoms with Crippen molar-refractivity contribution >= 4 is 17.7 Å². The highest BCUT2D eigenvalue weighted by atomic mass is 32.2. The summed E-state index contributed by atoms with van der Waals surface area (Å²) in [6, 6.07) is 5.71. The molecule has 1 heterocycles. The maximum Gasteiger partial charge on any atom is 0.253 e. The molecule has 0 saturated carbocycles. The Morgan fingerprint density at radius 3 is 2.86 bits per heavy atom. The Kier molecular flexibility index (Phi) is 4.97. The second-order valence-corrected chi connectivity index (χ2v) is 7.67. The summed E-state index contributed by atoms with van der Waals surface area (Å²) in [6.07, 6.45) is 0. The Labute approximate surface area is 131 Å². The minimum absolute atomic E-state index is 0.116. The van der Waals surface area contributed by atoms with E-state index < -0.39 is 0 Å². The van der Waals surface area contributed by atoms with Crippen LogP contribution in [0.15, 0.2) is 18.2 Å². The third-order valence-electron chi connectivity index (χ3n) is 3.51. The summed E-state index contributed by atoms with van der Waals surface area (Å²) >= 11 is 1.93. The summed E-state index contributed by atoms with van der Waals surface area (Å²) in [6.45, 7) is 8.32. The smallest absolute Gasteiger partial charge is 0.253 e. The minimum Gasteiger partial charge on any atom is -0.336 e. The Morgan fingerprint density at radius 2 is 2.24 bits per heavy atom. The highest BCUT2D eigenvalue weighted by molar-refractivity contribution is 8.00. The van der Waals surface area contributed by atoms with Crippen molar-refractivity contribution < 1.29 is 4.79 Å². The molecule has 0 unspecified atom stereocenters. The molecule has 0 atom stereocenters. The lowest BCUT2D eigenvalue weighted by Crippen LogP contribution is -2.46. The van der Waals surface area contributed by atoms with Gasteiger partial charge in [0.25, 0.3) is 5.91 Å². The first-order valence-electron chi connectivity index (χ1n) is 7.16. The van der Waals surface area contributed by atoms with Crippen LogP contribution in [0.5, 0.6) is 0 Å². The first kappa shape index (κ1) is 15.9. The van der Waals surface area contributed by atoms with Crippen LogP contribution >= 0.6 is 11.8 Å². The normalized spacial score (nSPS) is 17.0. The fraction of sp³-hybridized carbons (Fsp3) is 0.471. The molecule has 0 aliphatic carbocycles. The van der Waals surface area contributed by atoms with Crippen molar-refractivity contribution in [3.05, 3.63) is 34.9 Å². The van der Waals surface area contributed by atoms with Gasteiger partial charge < -0.3 is 10.6 Å². The fourth-order valence-corrected chi connectivity index (χ4v) is 3.57. The first-order chi connectivity index (χ1) is 9.93. The van der Waals surface area contributed by atoms with Gasteiger partial charge in [-0.05, 0) is 44.5 Å². The van der Waals surface area contributed by atoms with Crippen LogP contribution in [0.25, 0.3) is 0 Å². The number of hydrogen-bond acceptors (Lipinski definition) is 3. The van der Waals surface area contributed by atoms with Crippen LogP contribution in [0.2, 0.25) is 0 Å². The Bertz CT molecular complexity index is 599. The van der Waals surface area contributed by atoms with Crippen molar-refractivity contribution in [2.45, 2.75) is 25.5 Å². The quantitative estimate of drug-likeness (QED) is 0.810. The van der Waals surface area contributed by atoms with E-state index in [1.54, 1.807) is 0 Å². The molecule has 1 saturated heterocycles. The zero-order valence-corrected chi connectivity index (χ0v) is 13.7. The van der Waals surface area contributed by atoms with E-state index in [0.717, 1.165) is 35.5 Å². The molecule has 1 fully saturated rings. The van der Waals surface area contributed by atoms with Gasteiger partial charge in [0, 0.05) is 34.7 Å². The summed E-state index contributed by atoms with van der Waals surface area (Å²) in [7, 11) is 0. The molecule has 112 valence electrons. The SMILES string of the molecule is Cc1cc(C(=O)N2CCSC(C)(C)C2)ccc1C#CCN. The molecule has 21 heavy (non-hydrogen) atoms. The maximum atomic E-state index is 12.6. The Hall–Kier alpha value is -1.44. The predicted molar refractivity (Wildman–Crippen MR) is 89.6 cm³/mol. The summed E-state index contributed by atoms with van der Waals surface area (Å²) in [5, 5.41) is 0. The van der Waals surface area contributed by atoms with E-state index in [4.69, 9.17) is 5.73 Å². The maximum absolute atomic E-state index is 12.6. The van der Waals surface area contributed by atoms with E-state index in [0.29, 0.717) is 6.54 Å². The average molecular weight is 302 g/mol. The number of thioether (sulfide) groups is 1. The van der Waals surface area contributed by atoms with E-state index in [-0.39, 0.29) is 10.7 Å². The van der Waals surface area contributed by atoms with Crippen molar-refractivity contribution in [1.29, 1.82) is 0 Å². The molecular weight excluding hydrogens is 280 g/mol. The standard InChI is InChI=1S/C17H22N2OS/c1-13-11-15(7-6-14(13)5-4-8-18)16(20)19-9-10-21-17(2,3)12-19/h6-7,11H,8-10,12,18H2,1-3H3. The molecular formula is C17H22N2OS. The highest BCUT2D eigenvalue weighted by Crippen LogP contribution is 2.30. The van der Waals surface area contributed by atoms with Crippen molar-refractivity contribution in [3.8, 4) is 11.8 Å². The second kappa shape index (κ2) is 6.55. The third kappa shape index (κ3) is 4.03. The Balaban J connectivity index is 2.18. The first-order valence-corrected chi connectivity index (χ1v) is 8.14. The van der Waals surface area contributed by atoms with Crippen LogP contribution < -0.4 is 5.73 Å². The second-order valence-electron chi connectivity index (χ2n) is 5.87. The number of nitrogens with zero attached hydrogens (tertiary/aromatic N) is 1. The molecule has 1 aliphatic heterocycles. The van der Waals surface area contributed by atoms with Gasteiger partial charge in [0.05, 0.1) is 6.54 Å². The van der Waals surface area contributed by atoms with E-state index in [1.165, 1.54) is 0 Å². The average Bonchev–Trinajstić information content (AvgIpc) is 2.44. The zero-order chi connectivity index (χ0) is 15.5. The number of carbonyl (C=O) groups excluding carboxylic acids is 1. The molecule has 1 aromatic carbocycles. The van der Waals surface area contributed by atoms with E-state index >= 15 is 0 Å². The molecule has 2 N–H and O–H groups in total. The predicted octanol–water partition coefficient (Wildman–Crippen LogP) is 2.27. The number of amides is 1. The van der Waals surface area contributed by atoms with Gasteiger partial charge >= 0.3 is 0 Å². The van der Waals surface area contributed by atoms with Crippen LogP contribution in [-0.2, 0) is 0 Å². The third-order valence-corrected chi connectivity index (χ3v) is 4.81. The number of benzene rings is 1. The summed E-state index contributed by atoms with van der Waals surface area (Å²) < 4.78 is 0.134. The van der Waals surface area contributed by atoms with Gasteiger partial charge in [0.1, 0.15) is 0 Å². The highest BCUT2D eigenvalue weighted by Gasteiger charge is 2.30. The molecule has 1 aromatic rings. The van der Waals surface area contributed by atoms with Gasteiger partial charge in [0.15, 0.2) is 0 Å². The van der Waals surface area contributed by atoms with E-state index in [9.17, 15) is 4.79 Å². The zero-order valence-electron chi connectivity index (χ0n) is 12.9. The molecule has 3 nitrogen and oxygen atoms in total.